The zero-order valence-corrected chi connectivity index (χ0v) is 14.4. The van der Waals surface area contributed by atoms with E-state index >= 15 is 0 Å². The summed E-state index contributed by atoms with van der Waals surface area (Å²) < 4.78 is 0. The van der Waals surface area contributed by atoms with Crippen molar-refractivity contribution in [3.63, 3.8) is 0 Å². The van der Waals surface area contributed by atoms with Crippen molar-refractivity contribution >= 4 is 58.3 Å². The molecule has 0 spiro atoms. The van der Waals surface area contributed by atoms with Gasteiger partial charge < -0.3 is 5.32 Å². The molecule has 0 bridgehead atoms. The van der Waals surface area contributed by atoms with Gasteiger partial charge in [-0.25, -0.2) is 0 Å². The lowest BCUT2D eigenvalue weighted by Gasteiger charge is -2.07. The number of hydrogen-bond acceptors (Lipinski definition) is 2. The summed E-state index contributed by atoms with van der Waals surface area (Å²) in [5, 5.41) is 8.67. The van der Waals surface area contributed by atoms with E-state index in [1.165, 1.54) is 6.21 Å². The number of halogens is 3. The third-order valence-corrected chi connectivity index (χ3v) is 4.12. The molecule has 0 aliphatic rings. The van der Waals surface area contributed by atoms with Crippen molar-refractivity contribution in [1.29, 1.82) is 0 Å². The van der Waals surface area contributed by atoms with Gasteiger partial charge in [-0.2, -0.15) is 5.10 Å². The highest BCUT2D eigenvalue weighted by atomic mass is 35.5. The van der Waals surface area contributed by atoms with Crippen LogP contribution in [0.5, 0.6) is 0 Å². The van der Waals surface area contributed by atoms with Crippen molar-refractivity contribution in [3.05, 3.63) is 68.7 Å². The molecule has 0 unspecified atom stereocenters. The molecule has 0 aliphatic heterocycles. The molecule has 0 heterocycles. The average Bonchev–Trinajstić information content (AvgIpc) is 2.53. The normalized spacial score (nSPS) is 10.7. The van der Waals surface area contributed by atoms with E-state index in [-0.39, 0.29) is 0 Å². The van der Waals surface area contributed by atoms with E-state index in [0.717, 1.165) is 5.56 Å². The van der Waals surface area contributed by atoms with E-state index in [1.54, 1.807) is 12.1 Å². The van der Waals surface area contributed by atoms with Gasteiger partial charge in [0.1, 0.15) is 0 Å². The van der Waals surface area contributed by atoms with Crippen LogP contribution < -0.4 is 10.7 Å². The molecule has 0 radical (unpaired) electrons. The lowest BCUT2D eigenvalue weighted by Crippen LogP contribution is -2.31. The molecule has 0 atom stereocenters. The first-order valence-corrected chi connectivity index (χ1v) is 7.86. The Morgan fingerprint density at radius 1 is 1.05 bits per heavy atom. The maximum atomic E-state index is 6.07. The Hall–Kier alpha value is -1.33. The number of rotatable bonds is 4. The number of nitrogens with zero attached hydrogens (tertiary/aromatic N) is 1. The van der Waals surface area contributed by atoms with Crippen LogP contribution in [0.15, 0.2) is 47.6 Å². The van der Waals surface area contributed by atoms with Crippen molar-refractivity contribution in [2.24, 2.45) is 5.10 Å². The summed E-state index contributed by atoms with van der Waals surface area (Å²) >= 11 is 23.2. The number of nitrogens with one attached hydrogen (secondary N) is 2. The first-order chi connectivity index (χ1) is 10.6. The molecule has 0 saturated carbocycles. The van der Waals surface area contributed by atoms with Crippen molar-refractivity contribution in [2.45, 2.75) is 6.54 Å². The average molecular weight is 373 g/mol. The Bertz CT molecular complexity index is 690. The summed E-state index contributed by atoms with van der Waals surface area (Å²) in [6.07, 6.45) is 1.48. The van der Waals surface area contributed by atoms with Gasteiger partial charge in [0.2, 0.25) is 0 Å². The fourth-order valence-electron chi connectivity index (χ4n) is 1.63. The highest BCUT2D eigenvalue weighted by Gasteiger charge is 2.07. The monoisotopic (exact) mass is 371 g/mol. The second-order valence-electron chi connectivity index (χ2n) is 4.30. The van der Waals surface area contributed by atoms with Crippen LogP contribution in [-0.4, -0.2) is 11.3 Å². The molecule has 0 saturated heterocycles. The lowest BCUT2D eigenvalue weighted by molar-refractivity contribution is 0.869. The Morgan fingerprint density at radius 3 is 2.45 bits per heavy atom. The summed E-state index contributed by atoms with van der Waals surface area (Å²) in [6, 6.07) is 13.2. The summed E-state index contributed by atoms with van der Waals surface area (Å²) in [5.74, 6) is 0. The van der Waals surface area contributed by atoms with Crippen LogP contribution in [0.2, 0.25) is 15.1 Å². The first-order valence-electron chi connectivity index (χ1n) is 6.32. The number of thiocarbonyl (C=S) groups is 1. The molecule has 0 fully saturated rings. The van der Waals surface area contributed by atoms with Gasteiger partial charge in [0.25, 0.3) is 0 Å². The topological polar surface area (TPSA) is 36.4 Å². The smallest absolute Gasteiger partial charge is 0.187 e. The zero-order chi connectivity index (χ0) is 15.9. The van der Waals surface area contributed by atoms with Gasteiger partial charge in [0.05, 0.1) is 21.3 Å². The summed E-state index contributed by atoms with van der Waals surface area (Å²) in [4.78, 5) is 0. The number of hydrogen-bond donors (Lipinski definition) is 2. The van der Waals surface area contributed by atoms with E-state index in [0.29, 0.717) is 32.3 Å². The molecule has 0 amide bonds. The quantitative estimate of drug-likeness (QED) is 0.355. The Kier molecular flexibility index (Phi) is 6.46. The highest BCUT2D eigenvalue weighted by molar-refractivity contribution is 7.80. The minimum Gasteiger partial charge on any atom is -0.357 e. The van der Waals surface area contributed by atoms with Crippen LogP contribution in [0, 0.1) is 0 Å². The highest BCUT2D eigenvalue weighted by Crippen LogP contribution is 2.29. The van der Waals surface area contributed by atoms with Gasteiger partial charge in [-0.15, -0.1) is 0 Å². The maximum absolute atomic E-state index is 6.07. The minimum atomic E-state index is 0.350. The molecule has 3 nitrogen and oxygen atoms in total. The predicted octanol–water partition coefficient (Wildman–Crippen LogP) is 4.65. The third-order valence-electron chi connectivity index (χ3n) is 2.74. The van der Waals surface area contributed by atoms with Gasteiger partial charge in [0, 0.05) is 12.1 Å². The second-order valence-corrected chi connectivity index (χ2v) is 5.90. The Labute approximate surface area is 149 Å². The van der Waals surface area contributed by atoms with Gasteiger partial charge in [-0.3, -0.25) is 5.43 Å². The van der Waals surface area contributed by atoms with E-state index in [1.807, 2.05) is 30.3 Å². The lowest BCUT2D eigenvalue weighted by atomic mass is 10.2. The zero-order valence-electron chi connectivity index (χ0n) is 11.3. The van der Waals surface area contributed by atoms with Crippen LogP contribution in [0.4, 0.5) is 0 Å². The van der Waals surface area contributed by atoms with E-state index in [2.05, 4.69) is 15.8 Å². The molecule has 2 aromatic rings. The summed E-state index contributed by atoms with van der Waals surface area (Å²) in [6.45, 7) is 0.612. The molecule has 0 aliphatic carbocycles. The van der Waals surface area contributed by atoms with Gasteiger partial charge in [0.15, 0.2) is 5.11 Å². The van der Waals surface area contributed by atoms with Crippen molar-refractivity contribution in [1.82, 2.24) is 10.7 Å². The maximum Gasteiger partial charge on any atom is 0.187 e. The van der Waals surface area contributed by atoms with Crippen LogP contribution in [-0.2, 0) is 6.54 Å². The van der Waals surface area contributed by atoms with Crippen LogP contribution in [0.25, 0.3) is 0 Å². The molecule has 7 heteroatoms. The minimum absolute atomic E-state index is 0.350. The number of benzene rings is 2. The third kappa shape index (κ3) is 4.85. The first kappa shape index (κ1) is 17.0. The molecule has 22 heavy (non-hydrogen) atoms. The largest absolute Gasteiger partial charge is 0.357 e. The predicted molar refractivity (Wildman–Crippen MR) is 98.1 cm³/mol. The fraction of sp³-hybridized carbons (Fsp3) is 0.0667. The van der Waals surface area contributed by atoms with Gasteiger partial charge in [-0.1, -0.05) is 65.1 Å². The van der Waals surface area contributed by atoms with Crippen molar-refractivity contribution in [3.8, 4) is 0 Å². The molecule has 0 aromatic heterocycles. The van der Waals surface area contributed by atoms with Crippen LogP contribution in [0.3, 0.4) is 0 Å². The standard InChI is InChI=1S/C15H12Cl3N3S/c16-12-6-7-13(17)14(18)11(12)9-20-21-15(22)19-8-10-4-2-1-3-5-10/h1-7,9H,8H2,(H2,19,21,22)/b20-9+. The second kappa shape index (κ2) is 8.34. The van der Waals surface area contributed by atoms with E-state index in [9.17, 15) is 0 Å². The van der Waals surface area contributed by atoms with Gasteiger partial charge in [-0.05, 0) is 29.9 Å². The molecular formula is C15H12Cl3N3S. The molecule has 2 rings (SSSR count). The Morgan fingerprint density at radius 2 is 1.73 bits per heavy atom. The molecule has 2 N–H and O–H groups in total. The Balaban J connectivity index is 1.90. The van der Waals surface area contributed by atoms with E-state index in [4.69, 9.17) is 47.0 Å². The molecule has 2 aromatic carbocycles. The van der Waals surface area contributed by atoms with E-state index < -0.39 is 0 Å². The van der Waals surface area contributed by atoms with Gasteiger partial charge >= 0.3 is 0 Å². The summed E-state index contributed by atoms with van der Waals surface area (Å²) in [5.41, 5.74) is 4.36. The van der Waals surface area contributed by atoms with Crippen LogP contribution in [0.1, 0.15) is 11.1 Å². The SMILES string of the molecule is S=C(NCc1ccccc1)N/N=C/c1c(Cl)ccc(Cl)c1Cl. The summed E-state index contributed by atoms with van der Waals surface area (Å²) in [7, 11) is 0. The molecule has 114 valence electrons. The van der Waals surface area contributed by atoms with Crippen LogP contribution >= 0.6 is 47.0 Å². The number of hydrazone groups is 1. The van der Waals surface area contributed by atoms with Crippen molar-refractivity contribution in [2.75, 3.05) is 0 Å². The fourth-order valence-corrected chi connectivity index (χ4v) is 2.39. The molecular weight excluding hydrogens is 361 g/mol. The van der Waals surface area contributed by atoms with Crippen molar-refractivity contribution < 1.29 is 0 Å².